The van der Waals surface area contributed by atoms with Crippen molar-refractivity contribution < 1.29 is 17.6 Å². The number of carbonyl (C=O) groups is 1. The number of aromatic nitrogens is 1. The summed E-state index contributed by atoms with van der Waals surface area (Å²) in [4.78, 5) is 17.4. The average Bonchev–Trinajstić information content (AvgIpc) is 3.19. The summed E-state index contributed by atoms with van der Waals surface area (Å²) in [5, 5.41) is 11.8. The van der Waals surface area contributed by atoms with Crippen molar-refractivity contribution in [2.24, 2.45) is 5.92 Å². The first-order valence-corrected chi connectivity index (χ1v) is 12.0. The number of carbonyl (C=O) groups excluding carboxylic acids is 1. The van der Waals surface area contributed by atoms with E-state index < -0.39 is 38.6 Å². The Morgan fingerprint density at radius 1 is 1.19 bits per heavy atom. The van der Waals surface area contributed by atoms with E-state index in [9.17, 15) is 17.6 Å². The maximum absolute atomic E-state index is 14.0. The van der Waals surface area contributed by atoms with Gasteiger partial charge < -0.3 is 5.32 Å². The van der Waals surface area contributed by atoms with Crippen LogP contribution in [-0.2, 0) is 21.2 Å². The van der Waals surface area contributed by atoms with Gasteiger partial charge in [0.15, 0.2) is 5.13 Å². The van der Waals surface area contributed by atoms with Crippen molar-refractivity contribution in [1.82, 2.24) is 9.71 Å². The fraction of sp³-hybridized carbons (Fsp3) is 0.227. The van der Waals surface area contributed by atoms with Crippen LogP contribution in [0.25, 0.3) is 0 Å². The lowest BCUT2D eigenvalue weighted by molar-refractivity contribution is -0.118. The molecule has 2 N–H and O–H groups in total. The van der Waals surface area contributed by atoms with Gasteiger partial charge in [-0.2, -0.15) is 9.98 Å². The van der Waals surface area contributed by atoms with Gasteiger partial charge in [0.05, 0.1) is 11.6 Å². The van der Waals surface area contributed by atoms with Gasteiger partial charge in [-0.15, -0.1) is 11.3 Å². The summed E-state index contributed by atoms with van der Waals surface area (Å²) in [6.45, 7) is 3.37. The minimum atomic E-state index is -4.24. The molecule has 10 heteroatoms. The number of hydrogen-bond donors (Lipinski definition) is 2. The van der Waals surface area contributed by atoms with Crippen molar-refractivity contribution in [2.75, 3.05) is 5.32 Å². The highest BCUT2D eigenvalue weighted by atomic mass is 32.2. The van der Waals surface area contributed by atoms with E-state index in [1.165, 1.54) is 23.5 Å². The second-order valence-electron chi connectivity index (χ2n) is 7.38. The highest BCUT2D eigenvalue weighted by Crippen LogP contribution is 2.22. The SMILES string of the molecule is CC(C)[C@H](NS(=O)(=O)c1ccccc1F)C(=O)Nc1ncc(Cc2ccc(C#N)cc2)s1. The first-order valence-electron chi connectivity index (χ1n) is 9.71. The minimum absolute atomic E-state index is 0.328. The molecule has 0 aliphatic carbocycles. The number of halogens is 1. The molecule has 0 aliphatic rings. The highest BCUT2D eigenvalue weighted by molar-refractivity contribution is 7.89. The van der Waals surface area contributed by atoms with Crippen LogP contribution < -0.4 is 10.0 Å². The fourth-order valence-electron chi connectivity index (χ4n) is 2.91. The maximum Gasteiger partial charge on any atom is 0.244 e. The number of amides is 1. The molecule has 0 fully saturated rings. The number of hydrogen-bond acceptors (Lipinski definition) is 6. The maximum atomic E-state index is 14.0. The van der Waals surface area contributed by atoms with E-state index in [1.807, 2.05) is 12.1 Å². The first-order chi connectivity index (χ1) is 15.2. The molecule has 3 rings (SSSR count). The Labute approximate surface area is 190 Å². The van der Waals surface area contributed by atoms with Gasteiger partial charge in [0.25, 0.3) is 0 Å². The van der Waals surface area contributed by atoms with E-state index >= 15 is 0 Å². The van der Waals surface area contributed by atoms with Crippen LogP contribution in [0.4, 0.5) is 9.52 Å². The quantitative estimate of drug-likeness (QED) is 0.519. The van der Waals surface area contributed by atoms with Crippen molar-refractivity contribution >= 4 is 32.4 Å². The largest absolute Gasteiger partial charge is 0.301 e. The molecule has 0 radical (unpaired) electrons. The van der Waals surface area contributed by atoms with E-state index in [4.69, 9.17) is 5.26 Å². The monoisotopic (exact) mass is 472 g/mol. The van der Waals surface area contributed by atoms with Crippen LogP contribution in [-0.4, -0.2) is 25.4 Å². The van der Waals surface area contributed by atoms with Crippen molar-refractivity contribution in [3.8, 4) is 6.07 Å². The van der Waals surface area contributed by atoms with Crippen LogP contribution in [0.15, 0.2) is 59.6 Å². The van der Waals surface area contributed by atoms with Gasteiger partial charge in [0.2, 0.25) is 15.9 Å². The lowest BCUT2D eigenvalue weighted by Gasteiger charge is -2.21. The molecule has 1 atom stereocenters. The Balaban J connectivity index is 1.70. The zero-order valence-corrected chi connectivity index (χ0v) is 19.0. The molecular formula is C22H21FN4O3S2. The third-order valence-electron chi connectivity index (χ3n) is 4.60. The van der Waals surface area contributed by atoms with Crippen LogP contribution in [0.1, 0.15) is 29.9 Å². The number of rotatable bonds is 8. The molecule has 0 saturated carbocycles. The number of anilines is 1. The lowest BCUT2D eigenvalue weighted by atomic mass is 10.1. The van der Waals surface area contributed by atoms with Gasteiger partial charge >= 0.3 is 0 Å². The molecular weight excluding hydrogens is 451 g/mol. The van der Waals surface area contributed by atoms with E-state index in [1.54, 1.807) is 32.2 Å². The molecule has 1 heterocycles. The fourth-order valence-corrected chi connectivity index (χ4v) is 5.19. The van der Waals surface area contributed by atoms with E-state index in [-0.39, 0.29) is 0 Å². The summed E-state index contributed by atoms with van der Waals surface area (Å²) in [5.41, 5.74) is 1.56. The zero-order valence-electron chi connectivity index (χ0n) is 17.4. The summed E-state index contributed by atoms with van der Waals surface area (Å²) in [6.07, 6.45) is 2.21. The molecule has 1 amide bonds. The number of nitrogens with zero attached hydrogens (tertiary/aromatic N) is 2. The predicted molar refractivity (Wildman–Crippen MR) is 120 cm³/mol. The van der Waals surface area contributed by atoms with Gasteiger partial charge in [-0.05, 0) is 35.7 Å². The number of benzene rings is 2. The molecule has 1 aromatic heterocycles. The second-order valence-corrected chi connectivity index (χ2v) is 10.2. The molecule has 2 aromatic carbocycles. The number of nitrogens with one attached hydrogen (secondary N) is 2. The summed E-state index contributed by atoms with van der Waals surface area (Å²) in [5.74, 6) is -1.87. The van der Waals surface area contributed by atoms with Gasteiger partial charge in [0, 0.05) is 17.5 Å². The smallest absolute Gasteiger partial charge is 0.244 e. The second kappa shape index (κ2) is 9.99. The Morgan fingerprint density at radius 3 is 2.50 bits per heavy atom. The van der Waals surface area contributed by atoms with Crippen LogP contribution in [0.2, 0.25) is 0 Å². The third-order valence-corrected chi connectivity index (χ3v) is 6.99. The van der Waals surface area contributed by atoms with E-state index in [0.29, 0.717) is 17.1 Å². The first kappa shape index (κ1) is 23.5. The summed E-state index contributed by atoms with van der Waals surface area (Å²) < 4.78 is 41.5. The molecule has 32 heavy (non-hydrogen) atoms. The molecule has 166 valence electrons. The van der Waals surface area contributed by atoms with Gasteiger partial charge in [-0.3, -0.25) is 4.79 Å². The number of sulfonamides is 1. The van der Waals surface area contributed by atoms with Gasteiger partial charge in [0.1, 0.15) is 16.8 Å². The molecule has 0 aliphatic heterocycles. The van der Waals surface area contributed by atoms with Crippen molar-refractivity contribution in [3.63, 3.8) is 0 Å². The minimum Gasteiger partial charge on any atom is -0.301 e. The predicted octanol–water partition coefficient (Wildman–Crippen LogP) is 3.69. The third kappa shape index (κ3) is 5.76. The van der Waals surface area contributed by atoms with Crippen molar-refractivity contribution in [2.45, 2.75) is 31.2 Å². The molecule has 0 unspecified atom stereocenters. The lowest BCUT2D eigenvalue weighted by Crippen LogP contribution is -2.47. The molecule has 3 aromatic rings. The van der Waals surface area contributed by atoms with Crippen LogP contribution in [0.5, 0.6) is 0 Å². The van der Waals surface area contributed by atoms with Crippen molar-refractivity contribution in [3.05, 3.63) is 76.5 Å². The summed E-state index contributed by atoms with van der Waals surface area (Å²) >= 11 is 1.27. The number of thiazole rings is 1. The summed E-state index contributed by atoms with van der Waals surface area (Å²) in [6, 6.07) is 13.1. The zero-order chi connectivity index (χ0) is 23.3. The van der Waals surface area contributed by atoms with Crippen LogP contribution in [0, 0.1) is 23.1 Å². The Bertz CT molecular complexity index is 1250. The number of nitriles is 1. The van der Waals surface area contributed by atoms with Crippen molar-refractivity contribution in [1.29, 1.82) is 5.26 Å². The molecule has 7 nitrogen and oxygen atoms in total. The van der Waals surface area contributed by atoms with Gasteiger partial charge in [-0.1, -0.05) is 38.1 Å². The Kier molecular flexibility index (Phi) is 7.35. The van der Waals surface area contributed by atoms with E-state index in [0.717, 1.165) is 22.6 Å². The normalized spacial score (nSPS) is 12.3. The molecule has 0 saturated heterocycles. The highest BCUT2D eigenvalue weighted by Gasteiger charge is 2.30. The topological polar surface area (TPSA) is 112 Å². The average molecular weight is 473 g/mol. The van der Waals surface area contributed by atoms with Crippen LogP contribution >= 0.6 is 11.3 Å². The van der Waals surface area contributed by atoms with Gasteiger partial charge in [-0.25, -0.2) is 17.8 Å². The molecule has 0 spiro atoms. The molecule has 0 bridgehead atoms. The summed E-state index contributed by atoms with van der Waals surface area (Å²) in [7, 11) is -4.24. The Morgan fingerprint density at radius 2 is 1.88 bits per heavy atom. The standard InChI is InChI=1S/C22H21FN4O3S2/c1-14(2)20(27-32(29,30)19-6-4-3-5-18(19)23)21(28)26-22-25-13-17(31-22)11-15-7-9-16(12-24)10-8-15/h3-10,13-14,20,27H,11H2,1-2H3,(H,25,26,28)/t20-/m0/s1. The van der Waals surface area contributed by atoms with E-state index in [2.05, 4.69) is 21.1 Å². The van der Waals surface area contributed by atoms with Crippen LogP contribution in [0.3, 0.4) is 0 Å². The Hall–Kier alpha value is -3.13.